The van der Waals surface area contributed by atoms with Gasteiger partial charge in [-0.2, -0.15) is 0 Å². The summed E-state index contributed by atoms with van der Waals surface area (Å²) in [7, 11) is 1.97. The van der Waals surface area contributed by atoms with Gasteiger partial charge in [0.2, 0.25) is 0 Å². The Balaban J connectivity index is 2.10. The molecule has 0 aliphatic heterocycles. The van der Waals surface area contributed by atoms with Crippen LogP contribution < -0.4 is 10.6 Å². The minimum absolute atomic E-state index is 0.166. The second-order valence-electron chi connectivity index (χ2n) is 4.25. The molecule has 1 aromatic heterocycles. The smallest absolute Gasteiger partial charge is 0.185 e. The van der Waals surface area contributed by atoms with Crippen molar-refractivity contribution in [2.45, 2.75) is 20.0 Å². The number of thiazole rings is 1. The van der Waals surface area contributed by atoms with Crippen LogP contribution in [0.3, 0.4) is 0 Å². The number of anilines is 1. The number of nitrogens with two attached hydrogens (primary N) is 1. The van der Waals surface area contributed by atoms with Crippen LogP contribution in [-0.4, -0.2) is 12.0 Å². The molecule has 18 heavy (non-hydrogen) atoms. The summed E-state index contributed by atoms with van der Waals surface area (Å²) in [4.78, 5) is 7.41. The summed E-state index contributed by atoms with van der Waals surface area (Å²) < 4.78 is 13.2. The summed E-state index contributed by atoms with van der Waals surface area (Å²) in [6.45, 7) is 2.99. The van der Waals surface area contributed by atoms with E-state index in [1.807, 2.05) is 18.0 Å². The van der Waals surface area contributed by atoms with Crippen LogP contribution in [0.4, 0.5) is 9.52 Å². The highest BCUT2D eigenvalue weighted by atomic mass is 32.1. The van der Waals surface area contributed by atoms with Crippen LogP contribution in [0.15, 0.2) is 24.4 Å². The molecule has 2 rings (SSSR count). The summed E-state index contributed by atoms with van der Waals surface area (Å²) in [6, 6.07) is 5.17. The quantitative estimate of drug-likeness (QED) is 0.924. The molecular weight excluding hydrogens is 249 g/mol. The fourth-order valence-corrected chi connectivity index (χ4v) is 2.46. The predicted octanol–water partition coefficient (Wildman–Crippen LogP) is 2.69. The molecule has 0 aliphatic rings. The average molecular weight is 265 g/mol. The van der Waals surface area contributed by atoms with E-state index in [0.29, 0.717) is 18.7 Å². The van der Waals surface area contributed by atoms with Crippen molar-refractivity contribution in [2.75, 3.05) is 11.9 Å². The van der Waals surface area contributed by atoms with Crippen molar-refractivity contribution < 1.29 is 4.39 Å². The molecule has 0 spiro atoms. The number of hydrogen-bond acceptors (Lipinski definition) is 4. The first kappa shape index (κ1) is 13.0. The Labute approximate surface area is 110 Å². The van der Waals surface area contributed by atoms with Gasteiger partial charge in [0.25, 0.3) is 0 Å². The van der Waals surface area contributed by atoms with Gasteiger partial charge in [-0.25, -0.2) is 9.37 Å². The maximum atomic E-state index is 13.2. The lowest BCUT2D eigenvalue weighted by Crippen LogP contribution is -2.16. The van der Waals surface area contributed by atoms with Gasteiger partial charge in [0.15, 0.2) is 5.13 Å². The molecule has 96 valence electrons. The first-order valence-electron chi connectivity index (χ1n) is 5.71. The Bertz CT molecular complexity index is 539. The van der Waals surface area contributed by atoms with Crippen molar-refractivity contribution in [1.82, 2.24) is 4.98 Å². The van der Waals surface area contributed by atoms with Gasteiger partial charge in [0.05, 0.1) is 0 Å². The van der Waals surface area contributed by atoms with Crippen LogP contribution in [0.1, 0.15) is 16.0 Å². The minimum atomic E-state index is -0.166. The fraction of sp³-hybridized carbons (Fsp3) is 0.308. The number of aryl methyl sites for hydroxylation is 1. The Morgan fingerprint density at radius 3 is 2.83 bits per heavy atom. The molecule has 0 bridgehead atoms. The number of hydrogen-bond donors (Lipinski definition) is 1. The van der Waals surface area contributed by atoms with E-state index in [1.54, 1.807) is 30.5 Å². The number of aromatic nitrogens is 1. The first-order chi connectivity index (χ1) is 8.60. The summed E-state index contributed by atoms with van der Waals surface area (Å²) >= 11 is 1.58. The molecule has 0 aliphatic carbocycles. The molecule has 0 atom stereocenters. The zero-order valence-corrected chi connectivity index (χ0v) is 11.3. The monoisotopic (exact) mass is 265 g/mol. The Morgan fingerprint density at radius 1 is 1.44 bits per heavy atom. The van der Waals surface area contributed by atoms with E-state index >= 15 is 0 Å². The molecule has 1 heterocycles. The molecule has 1 aromatic carbocycles. The van der Waals surface area contributed by atoms with E-state index in [-0.39, 0.29) is 5.82 Å². The van der Waals surface area contributed by atoms with Gasteiger partial charge < -0.3 is 10.6 Å². The lowest BCUT2D eigenvalue weighted by Gasteiger charge is -2.16. The zero-order valence-electron chi connectivity index (χ0n) is 10.5. The Morgan fingerprint density at radius 2 is 2.22 bits per heavy atom. The third-order valence-corrected chi connectivity index (χ3v) is 3.85. The zero-order chi connectivity index (χ0) is 13.1. The summed E-state index contributed by atoms with van der Waals surface area (Å²) in [5.74, 6) is -0.166. The van der Waals surface area contributed by atoms with Gasteiger partial charge >= 0.3 is 0 Å². The van der Waals surface area contributed by atoms with Gasteiger partial charge in [0.1, 0.15) is 5.82 Å². The standard InChI is InChI=1S/C13H16FN3S/c1-9-5-10(3-4-12(9)14)8-17(2)13-16-7-11(6-15)18-13/h3-5,7H,6,8,15H2,1-2H3. The van der Waals surface area contributed by atoms with Crippen molar-refractivity contribution >= 4 is 16.5 Å². The van der Waals surface area contributed by atoms with Crippen molar-refractivity contribution in [3.05, 3.63) is 46.2 Å². The van der Waals surface area contributed by atoms with Gasteiger partial charge in [-0.05, 0) is 24.1 Å². The van der Waals surface area contributed by atoms with Crippen LogP contribution in [-0.2, 0) is 13.1 Å². The largest absolute Gasteiger partial charge is 0.347 e. The van der Waals surface area contributed by atoms with Crippen LogP contribution in [0.25, 0.3) is 0 Å². The Kier molecular flexibility index (Phi) is 3.93. The lowest BCUT2D eigenvalue weighted by atomic mass is 10.1. The van der Waals surface area contributed by atoms with E-state index in [2.05, 4.69) is 4.98 Å². The number of halogens is 1. The van der Waals surface area contributed by atoms with Gasteiger partial charge in [-0.1, -0.05) is 12.1 Å². The van der Waals surface area contributed by atoms with E-state index in [9.17, 15) is 4.39 Å². The number of rotatable bonds is 4. The highest BCUT2D eigenvalue weighted by molar-refractivity contribution is 7.15. The van der Waals surface area contributed by atoms with E-state index in [1.165, 1.54) is 6.07 Å². The van der Waals surface area contributed by atoms with Crippen LogP contribution >= 0.6 is 11.3 Å². The maximum absolute atomic E-state index is 13.2. The Hall–Kier alpha value is -1.46. The lowest BCUT2D eigenvalue weighted by molar-refractivity contribution is 0.617. The second kappa shape index (κ2) is 5.46. The van der Waals surface area contributed by atoms with Crippen molar-refractivity contribution in [3.8, 4) is 0 Å². The second-order valence-corrected chi connectivity index (χ2v) is 5.35. The molecule has 2 N–H and O–H groups in total. The van der Waals surface area contributed by atoms with Gasteiger partial charge in [0, 0.05) is 31.2 Å². The number of nitrogens with zero attached hydrogens (tertiary/aromatic N) is 2. The molecule has 0 fully saturated rings. The first-order valence-corrected chi connectivity index (χ1v) is 6.52. The van der Waals surface area contributed by atoms with Crippen LogP contribution in [0.2, 0.25) is 0 Å². The maximum Gasteiger partial charge on any atom is 0.185 e. The molecular formula is C13H16FN3S. The van der Waals surface area contributed by atoms with Crippen molar-refractivity contribution in [2.24, 2.45) is 5.73 Å². The molecule has 5 heteroatoms. The van der Waals surface area contributed by atoms with E-state index < -0.39 is 0 Å². The van der Waals surface area contributed by atoms with Gasteiger partial charge in [-0.3, -0.25) is 0 Å². The van der Waals surface area contributed by atoms with E-state index in [4.69, 9.17) is 5.73 Å². The molecule has 0 amide bonds. The van der Waals surface area contributed by atoms with Crippen molar-refractivity contribution in [3.63, 3.8) is 0 Å². The summed E-state index contributed by atoms with van der Waals surface area (Å²) in [5, 5.41) is 0.928. The van der Waals surface area contributed by atoms with Gasteiger partial charge in [-0.15, -0.1) is 11.3 Å². The predicted molar refractivity (Wildman–Crippen MR) is 73.2 cm³/mol. The van der Waals surface area contributed by atoms with Crippen LogP contribution in [0.5, 0.6) is 0 Å². The third-order valence-electron chi connectivity index (χ3n) is 2.71. The average Bonchev–Trinajstić information content (AvgIpc) is 2.82. The molecule has 2 aromatic rings. The highest BCUT2D eigenvalue weighted by Crippen LogP contribution is 2.22. The number of benzene rings is 1. The highest BCUT2D eigenvalue weighted by Gasteiger charge is 2.08. The topological polar surface area (TPSA) is 42.2 Å². The molecule has 0 unspecified atom stereocenters. The third kappa shape index (κ3) is 2.86. The molecule has 0 saturated carbocycles. The molecule has 0 radical (unpaired) electrons. The van der Waals surface area contributed by atoms with E-state index in [0.717, 1.165) is 15.6 Å². The molecule has 3 nitrogen and oxygen atoms in total. The minimum Gasteiger partial charge on any atom is -0.347 e. The summed E-state index contributed by atoms with van der Waals surface area (Å²) in [5.41, 5.74) is 7.30. The summed E-state index contributed by atoms with van der Waals surface area (Å²) in [6.07, 6.45) is 1.80. The molecule has 0 saturated heterocycles. The van der Waals surface area contributed by atoms with Crippen molar-refractivity contribution in [1.29, 1.82) is 0 Å². The van der Waals surface area contributed by atoms with Crippen LogP contribution in [0, 0.1) is 12.7 Å². The SMILES string of the molecule is Cc1cc(CN(C)c2ncc(CN)s2)ccc1F. The normalized spacial score (nSPS) is 10.7. The fourth-order valence-electron chi connectivity index (χ4n) is 1.71.